The van der Waals surface area contributed by atoms with Gasteiger partial charge in [-0.15, -0.1) is 0 Å². The van der Waals surface area contributed by atoms with Crippen molar-refractivity contribution in [3.63, 3.8) is 0 Å². The summed E-state index contributed by atoms with van der Waals surface area (Å²) in [6.07, 6.45) is 1.63. The Morgan fingerprint density at radius 1 is 0.941 bits per heavy atom. The lowest BCUT2D eigenvalue weighted by Crippen LogP contribution is -2.03. The van der Waals surface area contributed by atoms with Gasteiger partial charge in [0.05, 0.1) is 5.56 Å². The topological polar surface area (TPSA) is 48.8 Å². The molecule has 0 unspecified atom stereocenters. The van der Waals surface area contributed by atoms with Gasteiger partial charge in [0.25, 0.3) is 0 Å². The van der Waals surface area contributed by atoms with E-state index in [1.807, 2.05) is 0 Å². The third-order valence-electron chi connectivity index (χ3n) is 1.78. The first kappa shape index (κ1) is 13.0. The van der Waals surface area contributed by atoms with Crippen molar-refractivity contribution in [3.05, 3.63) is 51.2 Å². The zero-order chi connectivity index (χ0) is 13.0. The molecule has 0 saturated heterocycles. The van der Waals surface area contributed by atoms with E-state index in [1.54, 1.807) is 0 Å². The number of nitrogens with zero attached hydrogens (tertiary/aromatic N) is 3. The van der Waals surface area contributed by atoms with Crippen LogP contribution < -0.4 is 0 Å². The SMILES string of the molecule is [N-]=[N+]=NCC=Cc1c(F)c(F)c(F)c(F)c1F. The summed E-state index contributed by atoms with van der Waals surface area (Å²) in [7, 11) is 0. The highest BCUT2D eigenvalue weighted by Gasteiger charge is 2.23. The minimum absolute atomic E-state index is 0.268. The maximum absolute atomic E-state index is 13.0. The van der Waals surface area contributed by atoms with Crippen LogP contribution in [0.2, 0.25) is 0 Å². The summed E-state index contributed by atoms with van der Waals surface area (Å²) >= 11 is 0. The molecule has 0 spiro atoms. The number of halogens is 5. The van der Waals surface area contributed by atoms with Crippen LogP contribution in [-0.4, -0.2) is 6.54 Å². The Morgan fingerprint density at radius 2 is 1.41 bits per heavy atom. The number of azide groups is 1. The third-order valence-corrected chi connectivity index (χ3v) is 1.78. The van der Waals surface area contributed by atoms with Crippen LogP contribution >= 0.6 is 0 Å². The molecule has 0 aliphatic rings. The molecule has 0 saturated carbocycles. The molecular weight excluding hydrogens is 245 g/mol. The normalized spacial score (nSPS) is 10.6. The van der Waals surface area contributed by atoms with Gasteiger partial charge < -0.3 is 0 Å². The summed E-state index contributed by atoms with van der Waals surface area (Å²) < 4.78 is 64.1. The third kappa shape index (κ3) is 2.54. The van der Waals surface area contributed by atoms with Crippen LogP contribution in [0, 0.1) is 29.1 Å². The van der Waals surface area contributed by atoms with Crippen molar-refractivity contribution in [1.82, 2.24) is 0 Å². The Hall–Kier alpha value is -2.08. The minimum Gasteiger partial charge on any atom is -0.203 e. The van der Waals surface area contributed by atoms with E-state index in [0.717, 1.165) is 6.08 Å². The molecule has 1 aromatic rings. The largest absolute Gasteiger partial charge is 0.203 e. The van der Waals surface area contributed by atoms with Crippen LogP contribution in [0.3, 0.4) is 0 Å². The van der Waals surface area contributed by atoms with E-state index in [4.69, 9.17) is 5.53 Å². The Morgan fingerprint density at radius 3 is 1.88 bits per heavy atom. The highest BCUT2D eigenvalue weighted by Crippen LogP contribution is 2.23. The fourth-order valence-corrected chi connectivity index (χ4v) is 1.02. The molecule has 0 aromatic heterocycles. The van der Waals surface area contributed by atoms with Crippen LogP contribution in [0.4, 0.5) is 22.0 Å². The van der Waals surface area contributed by atoms with Gasteiger partial charge in [0.15, 0.2) is 23.3 Å². The molecule has 8 heteroatoms. The summed E-state index contributed by atoms with van der Waals surface area (Å²) in [5, 5.41) is 3.00. The van der Waals surface area contributed by atoms with Crippen molar-refractivity contribution < 1.29 is 22.0 Å². The Kier molecular flexibility index (Phi) is 4.06. The van der Waals surface area contributed by atoms with Gasteiger partial charge in [0, 0.05) is 11.5 Å². The number of hydrogen-bond donors (Lipinski definition) is 0. The fraction of sp³-hybridized carbons (Fsp3) is 0.111. The molecule has 0 bridgehead atoms. The fourth-order valence-electron chi connectivity index (χ4n) is 1.02. The lowest BCUT2D eigenvalue weighted by atomic mass is 10.1. The van der Waals surface area contributed by atoms with E-state index in [1.165, 1.54) is 0 Å². The molecule has 90 valence electrons. The summed E-state index contributed by atoms with van der Waals surface area (Å²) in [5.74, 6) is -10.1. The first-order valence-corrected chi connectivity index (χ1v) is 4.19. The second-order valence-corrected chi connectivity index (χ2v) is 2.80. The predicted molar refractivity (Wildman–Crippen MR) is 49.3 cm³/mol. The highest BCUT2D eigenvalue weighted by atomic mass is 19.2. The van der Waals surface area contributed by atoms with E-state index >= 15 is 0 Å². The van der Waals surface area contributed by atoms with Gasteiger partial charge in [-0.2, -0.15) is 0 Å². The molecule has 0 aliphatic carbocycles. The number of benzene rings is 1. The first-order chi connectivity index (χ1) is 8.00. The average molecular weight is 249 g/mol. The van der Waals surface area contributed by atoms with Gasteiger partial charge >= 0.3 is 0 Å². The second kappa shape index (κ2) is 5.31. The van der Waals surface area contributed by atoms with Gasteiger partial charge in [-0.1, -0.05) is 17.3 Å². The molecule has 0 N–H and O–H groups in total. The zero-order valence-corrected chi connectivity index (χ0v) is 8.09. The van der Waals surface area contributed by atoms with Crippen molar-refractivity contribution >= 4 is 6.08 Å². The predicted octanol–water partition coefficient (Wildman–Crippen LogP) is 3.71. The highest BCUT2D eigenvalue weighted by molar-refractivity contribution is 5.51. The smallest absolute Gasteiger partial charge is 0.200 e. The number of hydrogen-bond acceptors (Lipinski definition) is 1. The Bertz CT molecular complexity index is 491. The van der Waals surface area contributed by atoms with Gasteiger partial charge in [0.2, 0.25) is 5.82 Å². The number of rotatable bonds is 3. The molecule has 1 rings (SSSR count). The minimum atomic E-state index is -2.22. The van der Waals surface area contributed by atoms with Crippen LogP contribution in [0.15, 0.2) is 11.2 Å². The quantitative estimate of drug-likeness (QED) is 0.196. The van der Waals surface area contributed by atoms with Gasteiger partial charge in [0.1, 0.15) is 0 Å². The van der Waals surface area contributed by atoms with Crippen LogP contribution in [0.25, 0.3) is 16.5 Å². The molecule has 0 amide bonds. The van der Waals surface area contributed by atoms with E-state index in [-0.39, 0.29) is 6.54 Å². The average Bonchev–Trinajstić information content (AvgIpc) is 2.33. The van der Waals surface area contributed by atoms with Crippen molar-refractivity contribution in [2.45, 2.75) is 0 Å². The molecule has 1 aromatic carbocycles. The van der Waals surface area contributed by atoms with Crippen LogP contribution in [0.5, 0.6) is 0 Å². The van der Waals surface area contributed by atoms with Crippen molar-refractivity contribution in [2.24, 2.45) is 5.11 Å². The lowest BCUT2D eigenvalue weighted by molar-refractivity contribution is 0.377. The summed E-state index contributed by atoms with van der Waals surface area (Å²) in [4.78, 5) is 2.34. The molecule has 0 aliphatic heterocycles. The van der Waals surface area contributed by atoms with E-state index < -0.39 is 34.6 Å². The van der Waals surface area contributed by atoms with Crippen molar-refractivity contribution in [2.75, 3.05) is 6.54 Å². The Labute approximate surface area is 91.8 Å². The molecule has 0 atom stereocenters. The van der Waals surface area contributed by atoms with Gasteiger partial charge in [-0.05, 0) is 5.53 Å². The zero-order valence-electron chi connectivity index (χ0n) is 8.09. The lowest BCUT2D eigenvalue weighted by Gasteiger charge is -2.03. The summed E-state index contributed by atoms with van der Waals surface area (Å²) in [6, 6.07) is 0. The maximum Gasteiger partial charge on any atom is 0.200 e. The standard InChI is InChI=1S/C9H4F5N3/c10-5-4(2-1-3-16-17-15)6(11)8(13)9(14)7(5)12/h1-2H,3H2. The molecular formula is C9H4F5N3. The molecule has 0 heterocycles. The van der Waals surface area contributed by atoms with Crippen molar-refractivity contribution in [3.8, 4) is 0 Å². The molecule has 0 fully saturated rings. The summed E-state index contributed by atoms with van der Waals surface area (Å²) in [6.45, 7) is -0.268. The van der Waals surface area contributed by atoms with Gasteiger partial charge in [-0.3, -0.25) is 0 Å². The molecule has 0 radical (unpaired) electrons. The summed E-state index contributed by atoms with van der Waals surface area (Å²) in [5.41, 5.74) is 6.83. The Balaban J connectivity index is 3.24. The van der Waals surface area contributed by atoms with E-state index in [2.05, 4.69) is 10.0 Å². The first-order valence-electron chi connectivity index (χ1n) is 4.19. The maximum atomic E-state index is 13.0. The van der Waals surface area contributed by atoms with E-state index in [9.17, 15) is 22.0 Å². The van der Waals surface area contributed by atoms with Crippen molar-refractivity contribution in [1.29, 1.82) is 0 Å². The monoisotopic (exact) mass is 249 g/mol. The molecule has 17 heavy (non-hydrogen) atoms. The van der Waals surface area contributed by atoms with Crippen LogP contribution in [0.1, 0.15) is 5.56 Å². The van der Waals surface area contributed by atoms with E-state index in [0.29, 0.717) is 6.08 Å². The molecule has 3 nitrogen and oxygen atoms in total. The van der Waals surface area contributed by atoms with Gasteiger partial charge in [-0.25, -0.2) is 22.0 Å². The van der Waals surface area contributed by atoms with Crippen LogP contribution in [-0.2, 0) is 0 Å². The second-order valence-electron chi connectivity index (χ2n) is 2.80.